The van der Waals surface area contributed by atoms with Crippen molar-refractivity contribution in [3.63, 3.8) is 0 Å². The molecule has 2 saturated carbocycles. The number of hydrogen-bond acceptors (Lipinski definition) is 6. The lowest BCUT2D eigenvalue weighted by Gasteiger charge is -2.38. The minimum absolute atomic E-state index is 0.0533. The maximum absolute atomic E-state index is 14.1. The summed E-state index contributed by atoms with van der Waals surface area (Å²) in [5, 5.41) is 10.7. The maximum Gasteiger partial charge on any atom is 0.419 e. The van der Waals surface area contributed by atoms with Crippen molar-refractivity contribution in [3.05, 3.63) is 35.7 Å². The Morgan fingerprint density at radius 1 is 1.03 bits per heavy atom. The zero-order chi connectivity index (χ0) is 26.8. The van der Waals surface area contributed by atoms with Gasteiger partial charge in [-0.2, -0.15) is 13.2 Å². The molecule has 5 aliphatic rings. The van der Waals surface area contributed by atoms with E-state index in [0.29, 0.717) is 40.8 Å². The van der Waals surface area contributed by atoms with Gasteiger partial charge < -0.3 is 25.5 Å². The Balaban J connectivity index is 1.51. The molecule has 2 aromatic heterocycles. The van der Waals surface area contributed by atoms with Gasteiger partial charge in [-0.25, -0.2) is 9.97 Å². The molecule has 4 N–H and O–H groups in total. The number of halogens is 3. The summed E-state index contributed by atoms with van der Waals surface area (Å²) in [6.07, 6.45) is 2.17. The van der Waals surface area contributed by atoms with E-state index < -0.39 is 18.9 Å². The predicted molar refractivity (Wildman–Crippen MR) is 140 cm³/mol. The van der Waals surface area contributed by atoms with Crippen LogP contribution in [0.25, 0.3) is 22.2 Å². The highest BCUT2D eigenvalue weighted by molar-refractivity contribution is 7.70. The molecule has 2 fully saturated rings. The van der Waals surface area contributed by atoms with Gasteiger partial charge in [0, 0.05) is 53.3 Å². The molecular weight excluding hydrogens is 516 g/mol. The van der Waals surface area contributed by atoms with Gasteiger partial charge in [0.25, 0.3) is 5.91 Å². The standard InChI is InChI=1S/C26H30F3N6O2P/c1-38(2,37)23-18-6-5-17-19(11-30-22(17)23)21-20(26(27,28)29)12-32-25(35-21)34-15-4-3-14(9-15)33-16-7-13(8-16)10-31-24(18)36/h5-6,11-16,30,33H,3-4,7-10H2,1-2H3,(H,31,36)(H,32,34,35)/t13?,14-,15-,16?/m0/s1. The number of hydrogen-bond donors (Lipinski definition) is 4. The number of aromatic amines is 1. The Bertz CT molecular complexity index is 1460. The fourth-order valence-electron chi connectivity index (χ4n) is 6.14. The fraction of sp³-hybridized carbons (Fsp3) is 0.500. The summed E-state index contributed by atoms with van der Waals surface area (Å²) < 4.78 is 55.6. The van der Waals surface area contributed by atoms with Crippen molar-refractivity contribution in [2.24, 2.45) is 5.92 Å². The van der Waals surface area contributed by atoms with E-state index in [1.807, 2.05) is 0 Å². The van der Waals surface area contributed by atoms with Gasteiger partial charge in [-0.05, 0) is 57.4 Å². The van der Waals surface area contributed by atoms with Crippen LogP contribution in [-0.2, 0) is 10.7 Å². The van der Waals surface area contributed by atoms with Crippen LogP contribution in [-0.4, -0.2) is 58.9 Å². The highest BCUT2D eigenvalue weighted by Gasteiger charge is 2.38. The Morgan fingerprint density at radius 3 is 2.53 bits per heavy atom. The Hall–Kier alpha value is -2.91. The van der Waals surface area contributed by atoms with Gasteiger partial charge >= 0.3 is 6.18 Å². The smallest absolute Gasteiger partial charge is 0.360 e. The molecule has 202 valence electrons. The van der Waals surface area contributed by atoms with Gasteiger partial charge in [0.05, 0.1) is 16.8 Å². The molecule has 12 heteroatoms. The van der Waals surface area contributed by atoms with Gasteiger partial charge in [0.15, 0.2) is 0 Å². The lowest BCUT2D eigenvalue weighted by atomic mass is 9.79. The SMILES string of the molecule is CP(C)(=O)c1c2ccc3c(c[nH]c13)-c1nc(ncc1C(F)(F)F)N[C@H]1CC[C@@H](C1)NC1CC(CNC2=O)C1. The number of rotatable bonds is 1. The van der Waals surface area contributed by atoms with Crippen molar-refractivity contribution in [3.8, 4) is 11.3 Å². The molecule has 8 rings (SSSR count). The van der Waals surface area contributed by atoms with Crippen LogP contribution < -0.4 is 21.3 Å². The number of nitrogens with one attached hydrogen (secondary N) is 4. The van der Waals surface area contributed by atoms with Crippen LogP contribution in [0.4, 0.5) is 19.1 Å². The molecule has 38 heavy (non-hydrogen) atoms. The van der Waals surface area contributed by atoms with Gasteiger partial charge in [-0.1, -0.05) is 6.07 Å². The van der Waals surface area contributed by atoms with Crippen molar-refractivity contribution < 1.29 is 22.5 Å². The molecule has 2 atom stereocenters. The molecule has 8 nitrogen and oxygen atoms in total. The van der Waals surface area contributed by atoms with E-state index in [1.54, 1.807) is 25.5 Å². The number of anilines is 1. The zero-order valence-electron chi connectivity index (χ0n) is 21.2. The molecule has 0 unspecified atom stereocenters. The Kier molecular flexibility index (Phi) is 6.07. The molecule has 2 aliphatic carbocycles. The first kappa shape index (κ1) is 25.4. The third-order valence-electron chi connectivity index (χ3n) is 7.99. The summed E-state index contributed by atoms with van der Waals surface area (Å²) in [6, 6.07) is 3.90. The number of carbonyl (C=O) groups excluding carboxylic acids is 1. The quantitative estimate of drug-likeness (QED) is 0.338. The van der Waals surface area contributed by atoms with E-state index in [9.17, 15) is 22.5 Å². The average molecular weight is 547 g/mol. The van der Waals surface area contributed by atoms with Crippen molar-refractivity contribution in [1.29, 1.82) is 0 Å². The molecule has 3 aromatic rings. The van der Waals surface area contributed by atoms with Crippen LogP contribution in [0.3, 0.4) is 0 Å². The van der Waals surface area contributed by atoms with E-state index in [0.717, 1.165) is 38.3 Å². The lowest BCUT2D eigenvalue weighted by molar-refractivity contribution is -0.137. The van der Waals surface area contributed by atoms with E-state index in [-0.39, 0.29) is 34.7 Å². The number of H-pyrrole nitrogens is 1. The Morgan fingerprint density at radius 2 is 1.79 bits per heavy atom. The summed E-state index contributed by atoms with van der Waals surface area (Å²) in [4.78, 5) is 24.6. The van der Waals surface area contributed by atoms with Gasteiger partial charge in [0.1, 0.15) is 12.7 Å². The van der Waals surface area contributed by atoms with E-state index in [2.05, 4.69) is 30.9 Å². The molecule has 3 aliphatic heterocycles. The van der Waals surface area contributed by atoms with Gasteiger partial charge in [-0.3, -0.25) is 4.79 Å². The summed E-state index contributed by atoms with van der Waals surface area (Å²) in [7, 11) is -3.02. The summed E-state index contributed by atoms with van der Waals surface area (Å²) in [6.45, 7) is 3.63. The maximum atomic E-state index is 14.1. The van der Waals surface area contributed by atoms with Crippen LogP contribution in [0.2, 0.25) is 0 Å². The summed E-state index contributed by atoms with van der Waals surface area (Å²) >= 11 is 0. The van der Waals surface area contributed by atoms with Crippen molar-refractivity contribution in [2.45, 2.75) is 56.4 Å². The van der Waals surface area contributed by atoms with E-state index in [1.165, 1.54) is 6.20 Å². The second-order valence-corrected chi connectivity index (χ2v) is 14.3. The first-order valence-corrected chi connectivity index (χ1v) is 15.5. The van der Waals surface area contributed by atoms with E-state index in [4.69, 9.17) is 0 Å². The largest absolute Gasteiger partial charge is 0.419 e. The van der Waals surface area contributed by atoms with Crippen molar-refractivity contribution in [2.75, 3.05) is 25.2 Å². The van der Waals surface area contributed by atoms with E-state index >= 15 is 0 Å². The van der Waals surface area contributed by atoms with Gasteiger partial charge in [0.2, 0.25) is 5.95 Å². The van der Waals surface area contributed by atoms with Crippen molar-refractivity contribution >= 4 is 35.2 Å². The number of nitrogens with zero attached hydrogens (tertiary/aromatic N) is 2. The van der Waals surface area contributed by atoms with Crippen LogP contribution in [0, 0.1) is 5.92 Å². The van der Waals surface area contributed by atoms with Crippen LogP contribution in [0.1, 0.15) is 48.0 Å². The first-order valence-electron chi connectivity index (χ1n) is 12.9. The molecule has 0 saturated heterocycles. The third kappa shape index (κ3) is 4.60. The Labute approximate surface area is 218 Å². The molecule has 5 heterocycles. The highest BCUT2D eigenvalue weighted by Crippen LogP contribution is 2.43. The lowest BCUT2D eigenvalue weighted by Crippen LogP contribution is -2.49. The second-order valence-electron chi connectivity index (χ2n) is 11.2. The summed E-state index contributed by atoms with van der Waals surface area (Å²) in [5.41, 5.74) is -0.363. The number of alkyl halides is 3. The number of amides is 1. The minimum atomic E-state index is -4.68. The number of carbonyl (C=O) groups is 1. The second kappa shape index (κ2) is 9.09. The average Bonchev–Trinajstić information content (AvgIpc) is 3.44. The predicted octanol–water partition coefficient (Wildman–Crippen LogP) is 4.34. The fourth-order valence-corrected chi connectivity index (χ4v) is 7.62. The topological polar surface area (TPSA) is 112 Å². The number of fused-ring (bicyclic) bond motifs is 1. The number of aromatic nitrogens is 3. The molecular formula is C26H30F3N6O2P. The normalized spacial score (nSPS) is 25.9. The summed E-state index contributed by atoms with van der Waals surface area (Å²) in [5.74, 6) is 0.172. The third-order valence-corrected chi connectivity index (χ3v) is 9.53. The molecule has 0 radical (unpaired) electrons. The monoisotopic (exact) mass is 546 g/mol. The molecule has 10 bridgehead atoms. The molecule has 1 amide bonds. The number of benzene rings is 1. The molecule has 0 spiro atoms. The first-order chi connectivity index (χ1) is 18.0. The van der Waals surface area contributed by atoms with Crippen LogP contribution in [0.5, 0.6) is 0 Å². The van der Waals surface area contributed by atoms with Crippen molar-refractivity contribution in [1.82, 2.24) is 25.6 Å². The highest BCUT2D eigenvalue weighted by atomic mass is 31.2. The molecule has 1 aromatic carbocycles. The minimum Gasteiger partial charge on any atom is -0.360 e. The zero-order valence-corrected chi connectivity index (χ0v) is 22.0. The van der Waals surface area contributed by atoms with Crippen LogP contribution in [0.15, 0.2) is 24.5 Å². The van der Waals surface area contributed by atoms with Gasteiger partial charge in [-0.15, -0.1) is 0 Å². The van der Waals surface area contributed by atoms with Crippen LogP contribution >= 0.6 is 7.14 Å².